The fraction of sp³-hybridized carbons (Fsp3) is 0.833. The Morgan fingerprint density at radius 2 is 1.58 bits per heavy atom. The van der Waals surface area contributed by atoms with Crippen LogP contribution in [0, 0.1) is 0 Å². The molecule has 0 aliphatic rings. The maximum Gasteiger partial charge on any atom is 0.461 e. The number of carbonyl (C=O) groups is 1. The number of halogens is 5. The first-order chi connectivity index (χ1) is 5.23. The minimum Gasteiger partial charge on any atom is -0.293 e. The van der Waals surface area contributed by atoms with Crippen molar-refractivity contribution in [2.24, 2.45) is 0 Å². The van der Waals surface area contributed by atoms with Gasteiger partial charge in [0.25, 0.3) is 0 Å². The molecule has 0 atom stereocenters. The average molecular weight is 190 g/mol. The fourth-order valence-corrected chi connectivity index (χ4v) is 0.542. The Labute approximate surface area is 65.6 Å². The Bertz CT molecular complexity index is 171. The van der Waals surface area contributed by atoms with E-state index in [1.165, 1.54) is 6.92 Å². The van der Waals surface area contributed by atoms with Crippen molar-refractivity contribution in [3.05, 3.63) is 0 Å². The number of Topliss-reactive ketones (excluding diaryl/α,β-unsaturated/α-hetero) is 1. The Balaban J connectivity index is 4.50. The van der Waals surface area contributed by atoms with Crippen molar-refractivity contribution in [3.63, 3.8) is 0 Å². The minimum atomic E-state index is -5.76. The highest BCUT2D eigenvalue weighted by atomic mass is 19.4. The highest BCUT2D eigenvalue weighted by molar-refractivity contribution is 5.86. The normalized spacial score (nSPS) is 13.2. The van der Waals surface area contributed by atoms with E-state index in [0.717, 1.165) is 0 Å². The van der Waals surface area contributed by atoms with Crippen LogP contribution in [0.15, 0.2) is 0 Å². The van der Waals surface area contributed by atoms with Crippen molar-refractivity contribution in [2.45, 2.75) is 31.9 Å². The van der Waals surface area contributed by atoms with E-state index in [9.17, 15) is 26.7 Å². The third-order valence-corrected chi connectivity index (χ3v) is 1.18. The second-order valence-corrected chi connectivity index (χ2v) is 2.25. The zero-order chi connectivity index (χ0) is 9.99. The van der Waals surface area contributed by atoms with Crippen molar-refractivity contribution in [1.82, 2.24) is 0 Å². The van der Waals surface area contributed by atoms with Gasteiger partial charge in [-0.3, -0.25) is 4.79 Å². The van der Waals surface area contributed by atoms with Crippen molar-refractivity contribution in [2.75, 3.05) is 0 Å². The van der Waals surface area contributed by atoms with E-state index in [-0.39, 0.29) is 6.42 Å². The fourth-order valence-electron chi connectivity index (χ4n) is 0.542. The molecule has 0 saturated carbocycles. The van der Waals surface area contributed by atoms with E-state index in [1.54, 1.807) is 0 Å². The van der Waals surface area contributed by atoms with Crippen LogP contribution in [0.1, 0.15) is 19.8 Å². The maximum atomic E-state index is 12.0. The summed E-state index contributed by atoms with van der Waals surface area (Å²) < 4.78 is 58.4. The van der Waals surface area contributed by atoms with Crippen LogP contribution in [0.4, 0.5) is 22.0 Å². The molecule has 6 heteroatoms. The molecule has 0 amide bonds. The lowest BCUT2D eigenvalue weighted by molar-refractivity contribution is -0.268. The van der Waals surface area contributed by atoms with Crippen molar-refractivity contribution >= 4 is 5.78 Å². The molecule has 0 spiro atoms. The first kappa shape index (κ1) is 11.3. The topological polar surface area (TPSA) is 17.1 Å². The number of rotatable bonds is 3. The zero-order valence-electron chi connectivity index (χ0n) is 6.21. The van der Waals surface area contributed by atoms with E-state index >= 15 is 0 Å². The van der Waals surface area contributed by atoms with Gasteiger partial charge in [0.05, 0.1) is 0 Å². The van der Waals surface area contributed by atoms with Gasteiger partial charge >= 0.3 is 12.1 Å². The van der Waals surface area contributed by atoms with Crippen molar-refractivity contribution in [1.29, 1.82) is 0 Å². The summed E-state index contributed by atoms with van der Waals surface area (Å²) in [5.74, 6) is -7.26. The van der Waals surface area contributed by atoms with Gasteiger partial charge in [0.15, 0.2) is 0 Å². The second-order valence-electron chi connectivity index (χ2n) is 2.25. The molecule has 0 radical (unpaired) electrons. The molecule has 12 heavy (non-hydrogen) atoms. The summed E-state index contributed by atoms with van der Waals surface area (Å²) in [6.07, 6.45) is -6.55. The number of hydrogen-bond donors (Lipinski definition) is 0. The largest absolute Gasteiger partial charge is 0.461 e. The maximum absolute atomic E-state index is 12.0. The standard InChI is InChI=1S/C6H7F5O/c1-2-3-4(12)5(7,8)6(9,10)11/h2-3H2,1H3. The van der Waals surface area contributed by atoms with E-state index in [0.29, 0.717) is 0 Å². The Morgan fingerprint density at radius 3 is 1.83 bits per heavy atom. The SMILES string of the molecule is CCCC(=O)C(F)(F)C(F)(F)F. The molecule has 0 aromatic carbocycles. The summed E-state index contributed by atoms with van der Waals surface area (Å²) in [7, 11) is 0. The van der Waals surface area contributed by atoms with Gasteiger partial charge in [-0.05, 0) is 6.42 Å². The Hall–Kier alpha value is -0.680. The summed E-state index contributed by atoms with van der Waals surface area (Å²) in [6.45, 7) is 1.35. The quantitative estimate of drug-likeness (QED) is 0.625. The lowest BCUT2D eigenvalue weighted by Crippen LogP contribution is -2.43. The number of ketones is 1. The van der Waals surface area contributed by atoms with Gasteiger partial charge in [-0.25, -0.2) is 0 Å². The third kappa shape index (κ3) is 2.15. The smallest absolute Gasteiger partial charge is 0.293 e. The van der Waals surface area contributed by atoms with Crippen LogP contribution in [0.5, 0.6) is 0 Å². The highest BCUT2D eigenvalue weighted by Gasteiger charge is 2.62. The predicted octanol–water partition coefficient (Wildman–Crippen LogP) is 2.55. The van der Waals surface area contributed by atoms with E-state index < -0.39 is 24.3 Å². The third-order valence-electron chi connectivity index (χ3n) is 1.18. The van der Waals surface area contributed by atoms with Gasteiger partial charge in [-0.2, -0.15) is 22.0 Å². The molecule has 0 aromatic rings. The van der Waals surface area contributed by atoms with E-state index in [2.05, 4.69) is 0 Å². The molecule has 0 aromatic heterocycles. The molecule has 0 N–H and O–H groups in total. The van der Waals surface area contributed by atoms with Gasteiger partial charge in [-0.1, -0.05) is 6.92 Å². The van der Waals surface area contributed by atoms with Crippen LogP contribution in [-0.4, -0.2) is 17.9 Å². The van der Waals surface area contributed by atoms with Gasteiger partial charge in [0.1, 0.15) is 0 Å². The summed E-state index contributed by atoms with van der Waals surface area (Å²) in [6, 6.07) is 0. The molecule has 0 saturated heterocycles. The lowest BCUT2D eigenvalue weighted by Gasteiger charge is -2.17. The van der Waals surface area contributed by atoms with Gasteiger partial charge in [0, 0.05) is 6.42 Å². The number of carbonyl (C=O) groups excluding carboxylic acids is 1. The highest BCUT2D eigenvalue weighted by Crippen LogP contribution is 2.36. The van der Waals surface area contributed by atoms with E-state index in [1.807, 2.05) is 0 Å². The number of alkyl halides is 5. The van der Waals surface area contributed by atoms with Crippen molar-refractivity contribution in [3.8, 4) is 0 Å². The molecule has 0 heterocycles. The molecule has 1 nitrogen and oxygen atoms in total. The van der Waals surface area contributed by atoms with Crippen LogP contribution >= 0.6 is 0 Å². The molecule has 0 bridgehead atoms. The second kappa shape index (κ2) is 3.37. The lowest BCUT2D eigenvalue weighted by atomic mass is 10.1. The van der Waals surface area contributed by atoms with E-state index in [4.69, 9.17) is 0 Å². The molecule has 0 rings (SSSR count). The predicted molar refractivity (Wildman–Crippen MR) is 30.9 cm³/mol. The summed E-state index contributed by atoms with van der Waals surface area (Å²) in [4.78, 5) is 10.2. The first-order valence-corrected chi connectivity index (χ1v) is 3.21. The first-order valence-electron chi connectivity index (χ1n) is 3.21. The summed E-state index contributed by atoms with van der Waals surface area (Å²) in [5.41, 5.74) is 0. The zero-order valence-corrected chi connectivity index (χ0v) is 6.21. The Kier molecular flexibility index (Phi) is 3.17. The summed E-state index contributed by atoms with van der Waals surface area (Å²) >= 11 is 0. The molecule has 72 valence electrons. The van der Waals surface area contributed by atoms with Crippen LogP contribution in [0.3, 0.4) is 0 Å². The molecule has 0 unspecified atom stereocenters. The van der Waals surface area contributed by atoms with Gasteiger partial charge in [-0.15, -0.1) is 0 Å². The van der Waals surface area contributed by atoms with Crippen molar-refractivity contribution < 1.29 is 26.7 Å². The molecular weight excluding hydrogens is 183 g/mol. The van der Waals surface area contributed by atoms with Gasteiger partial charge in [0.2, 0.25) is 5.78 Å². The summed E-state index contributed by atoms with van der Waals surface area (Å²) in [5, 5.41) is 0. The monoisotopic (exact) mass is 190 g/mol. The number of hydrogen-bond acceptors (Lipinski definition) is 1. The Morgan fingerprint density at radius 1 is 1.17 bits per heavy atom. The van der Waals surface area contributed by atoms with Crippen LogP contribution in [0.2, 0.25) is 0 Å². The van der Waals surface area contributed by atoms with Crippen LogP contribution in [-0.2, 0) is 4.79 Å². The molecule has 0 aliphatic heterocycles. The minimum absolute atomic E-state index is 0.0233. The van der Waals surface area contributed by atoms with Crippen LogP contribution in [0.25, 0.3) is 0 Å². The van der Waals surface area contributed by atoms with Gasteiger partial charge < -0.3 is 0 Å². The molecular formula is C6H7F5O. The molecule has 0 aliphatic carbocycles. The van der Waals surface area contributed by atoms with Crippen LogP contribution < -0.4 is 0 Å². The average Bonchev–Trinajstić information content (AvgIpc) is 1.85. The molecule has 0 fully saturated rings.